The molecule has 5 nitrogen and oxygen atoms in total. The highest BCUT2D eigenvalue weighted by Crippen LogP contribution is 2.29. The van der Waals surface area contributed by atoms with Crippen molar-refractivity contribution in [1.29, 1.82) is 0 Å². The number of carbonyl (C=O) groups is 1. The van der Waals surface area contributed by atoms with E-state index in [4.69, 9.17) is 0 Å². The molecular formula is C15H19FN2O3. The summed E-state index contributed by atoms with van der Waals surface area (Å²) in [5.74, 6) is -0.300. The average Bonchev–Trinajstić information content (AvgIpc) is 2.41. The summed E-state index contributed by atoms with van der Waals surface area (Å²) < 4.78 is 13.3. The van der Waals surface area contributed by atoms with Gasteiger partial charge in [-0.05, 0) is 43.2 Å². The summed E-state index contributed by atoms with van der Waals surface area (Å²) >= 11 is 0. The molecule has 1 aromatic carbocycles. The van der Waals surface area contributed by atoms with Crippen molar-refractivity contribution in [3.05, 3.63) is 39.7 Å². The van der Waals surface area contributed by atoms with E-state index in [1.54, 1.807) is 0 Å². The quantitative estimate of drug-likeness (QED) is 0.686. The van der Waals surface area contributed by atoms with E-state index < -0.39 is 16.6 Å². The highest BCUT2D eigenvalue weighted by atomic mass is 19.1. The second kappa shape index (κ2) is 6.20. The summed E-state index contributed by atoms with van der Waals surface area (Å²) in [7, 11) is 0. The molecule has 3 atom stereocenters. The average molecular weight is 294 g/mol. The van der Waals surface area contributed by atoms with E-state index in [0.717, 1.165) is 37.5 Å². The smallest absolute Gasteiger partial charge is 0.282 e. The molecule has 0 aliphatic heterocycles. The Balaban J connectivity index is 2.17. The Labute approximate surface area is 122 Å². The van der Waals surface area contributed by atoms with Crippen LogP contribution in [0.5, 0.6) is 0 Å². The predicted octanol–water partition coefficient (Wildman–Crippen LogP) is 3.29. The maximum absolute atomic E-state index is 13.3. The molecule has 1 amide bonds. The van der Waals surface area contributed by atoms with Gasteiger partial charge < -0.3 is 5.32 Å². The van der Waals surface area contributed by atoms with E-state index in [9.17, 15) is 19.3 Å². The SMILES string of the molecule is CC1CCC(NC(=O)c2cc(F)ccc2[N+](=O)[O-])C(C)C1. The first-order valence-electron chi connectivity index (χ1n) is 7.13. The number of nitro benzene ring substituents is 1. The first-order valence-corrected chi connectivity index (χ1v) is 7.13. The van der Waals surface area contributed by atoms with Crippen LogP contribution in [-0.4, -0.2) is 16.9 Å². The molecule has 2 rings (SSSR count). The van der Waals surface area contributed by atoms with Crippen LogP contribution in [0.15, 0.2) is 18.2 Å². The molecule has 0 heterocycles. The van der Waals surface area contributed by atoms with Gasteiger partial charge >= 0.3 is 0 Å². The van der Waals surface area contributed by atoms with Crippen LogP contribution in [-0.2, 0) is 0 Å². The maximum Gasteiger partial charge on any atom is 0.282 e. The fourth-order valence-corrected chi connectivity index (χ4v) is 2.98. The number of benzene rings is 1. The Kier molecular flexibility index (Phi) is 4.55. The summed E-state index contributed by atoms with van der Waals surface area (Å²) in [6.07, 6.45) is 2.87. The van der Waals surface area contributed by atoms with E-state index in [2.05, 4.69) is 19.2 Å². The number of hydrogen-bond donors (Lipinski definition) is 1. The van der Waals surface area contributed by atoms with Crippen molar-refractivity contribution >= 4 is 11.6 Å². The minimum atomic E-state index is -0.666. The second-order valence-corrected chi connectivity index (χ2v) is 5.89. The van der Waals surface area contributed by atoms with Crippen molar-refractivity contribution in [2.45, 2.75) is 39.2 Å². The zero-order valence-electron chi connectivity index (χ0n) is 12.1. The molecule has 1 saturated carbocycles. The van der Waals surface area contributed by atoms with Gasteiger partial charge in [-0.1, -0.05) is 13.8 Å². The van der Waals surface area contributed by atoms with Crippen LogP contribution >= 0.6 is 0 Å². The van der Waals surface area contributed by atoms with E-state index in [0.29, 0.717) is 11.8 Å². The van der Waals surface area contributed by atoms with Gasteiger partial charge in [0, 0.05) is 12.1 Å². The zero-order valence-corrected chi connectivity index (χ0v) is 12.1. The molecule has 0 radical (unpaired) electrons. The van der Waals surface area contributed by atoms with Gasteiger partial charge in [0.15, 0.2) is 0 Å². The number of hydrogen-bond acceptors (Lipinski definition) is 3. The Morgan fingerprint density at radius 3 is 2.71 bits per heavy atom. The van der Waals surface area contributed by atoms with E-state index in [-0.39, 0.29) is 17.3 Å². The summed E-state index contributed by atoms with van der Waals surface area (Å²) in [6.45, 7) is 4.23. The van der Waals surface area contributed by atoms with Crippen molar-refractivity contribution in [2.24, 2.45) is 11.8 Å². The molecule has 0 saturated heterocycles. The lowest BCUT2D eigenvalue weighted by Crippen LogP contribution is -2.42. The molecule has 0 aromatic heterocycles. The van der Waals surface area contributed by atoms with Gasteiger partial charge in [0.2, 0.25) is 0 Å². The maximum atomic E-state index is 13.3. The molecule has 1 N–H and O–H groups in total. The van der Waals surface area contributed by atoms with Crippen LogP contribution in [0.3, 0.4) is 0 Å². The molecular weight excluding hydrogens is 275 g/mol. The van der Waals surface area contributed by atoms with Gasteiger partial charge in [0.1, 0.15) is 11.4 Å². The largest absolute Gasteiger partial charge is 0.349 e. The Bertz CT molecular complexity index is 562. The number of nitro groups is 1. The first kappa shape index (κ1) is 15.4. The van der Waals surface area contributed by atoms with E-state index in [1.807, 2.05) is 0 Å². The van der Waals surface area contributed by atoms with Crippen molar-refractivity contribution in [3.8, 4) is 0 Å². The molecule has 114 valence electrons. The van der Waals surface area contributed by atoms with Gasteiger partial charge in [-0.2, -0.15) is 0 Å². The summed E-state index contributed by atoms with van der Waals surface area (Å²) in [5, 5.41) is 13.8. The van der Waals surface area contributed by atoms with Gasteiger partial charge in [0.25, 0.3) is 11.6 Å². The van der Waals surface area contributed by atoms with Gasteiger partial charge in [-0.15, -0.1) is 0 Å². The molecule has 0 spiro atoms. The fraction of sp³-hybridized carbons (Fsp3) is 0.533. The van der Waals surface area contributed by atoms with Gasteiger partial charge in [0.05, 0.1) is 4.92 Å². The Morgan fingerprint density at radius 2 is 2.10 bits per heavy atom. The van der Waals surface area contributed by atoms with Crippen LogP contribution < -0.4 is 5.32 Å². The van der Waals surface area contributed by atoms with Crippen LogP contribution in [0.2, 0.25) is 0 Å². The van der Waals surface area contributed by atoms with Gasteiger partial charge in [-0.3, -0.25) is 14.9 Å². The molecule has 6 heteroatoms. The van der Waals surface area contributed by atoms with Crippen LogP contribution in [0.25, 0.3) is 0 Å². The molecule has 1 aromatic rings. The Morgan fingerprint density at radius 1 is 1.38 bits per heavy atom. The molecule has 0 bridgehead atoms. The number of nitrogens with zero attached hydrogens (tertiary/aromatic N) is 1. The van der Waals surface area contributed by atoms with Crippen LogP contribution in [0.1, 0.15) is 43.5 Å². The minimum Gasteiger partial charge on any atom is -0.349 e. The monoisotopic (exact) mass is 294 g/mol. The number of rotatable bonds is 3. The normalized spacial score (nSPS) is 25.4. The minimum absolute atomic E-state index is 0.0171. The molecule has 1 aliphatic carbocycles. The second-order valence-electron chi connectivity index (χ2n) is 5.89. The lowest BCUT2D eigenvalue weighted by Gasteiger charge is -2.33. The van der Waals surface area contributed by atoms with Crippen LogP contribution in [0, 0.1) is 27.8 Å². The molecule has 3 unspecified atom stereocenters. The van der Waals surface area contributed by atoms with Crippen molar-refractivity contribution in [2.75, 3.05) is 0 Å². The Hall–Kier alpha value is -1.98. The highest BCUT2D eigenvalue weighted by molar-refractivity contribution is 5.98. The lowest BCUT2D eigenvalue weighted by molar-refractivity contribution is -0.385. The lowest BCUT2D eigenvalue weighted by atomic mass is 9.80. The topological polar surface area (TPSA) is 72.2 Å². The first-order chi connectivity index (χ1) is 9.88. The fourth-order valence-electron chi connectivity index (χ4n) is 2.98. The third-order valence-corrected chi connectivity index (χ3v) is 4.15. The molecule has 1 aliphatic rings. The van der Waals surface area contributed by atoms with E-state index >= 15 is 0 Å². The number of carbonyl (C=O) groups excluding carboxylic acids is 1. The zero-order chi connectivity index (χ0) is 15.6. The number of halogens is 1. The molecule has 1 fully saturated rings. The summed E-state index contributed by atoms with van der Waals surface area (Å²) in [6, 6.07) is 2.91. The third kappa shape index (κ3) is 3.56. The highest BCUT2D eigenvalue weighted by Gasteiger charge is 2.29. The van der Waals surface area contributed by atoms with E-state index in [1.165, 1.54) is 0 Å². The van der Waals surface area contributed by atoms with Crippen molar-refractivity contribution < 1.29 is 14.1 Å². The standard InChI is InChI=1S/C15H19FN2O3/c1-9-3-5-13(10(2)7-9)17-15(19)12-8-11(16)4-6-14(12)18(20)21/h4,6,8-10,13H,3,5,7H2,1-2H3,(H,17,19). The number of nitrogens with one attached hydrogen (secondary N) is 1. The van der Waals surface area contributed by atoms with Crippen molar-refractivity contribution in [3.63, 3.8) is 0 Å². The third-order valence-electron chi connectivity index (χ3n) is 4.15. The predicted molar refractivity (Wildman–Crippen MR) is 76.5 cm³/mol. The van der Waals surface area contributed by atoms with Crippen LogP contribution in [0.4, 0.5) is 10.1 Å². The number of amides is 1. The summed E-state index contributed by atoms with van der Waals surface area (Å²) in [4.78, 5) is 22.5. The molecule has 21 heavy (non-hydrogen) atoms. The van der Waals surface area contributed by atoms with Crippen molar-refractivity contribution in [1.82, 2.24) is 5.32 Å². The van der Waals surface area contributed by atoms with Gasteiger partial charge in [-0.25, -0.2) is 4.39 Å². The summed E-state index contributed by atoms with van der Waals surface area (Å²) in [5.41, 5.74) is -0.587.